The van der Waals surface area contributed by atoms with Gasteiger partial charge in [0.15, 0.2) is 11.4 Å². The Morgan fingerprint density at radius 1 is 0.737 bits per heavy atom. The minimum Gasteiger partial charge on any atom is -0.494 e. The van der Waals surface area contributed by atoms with Crippen molar-refractivity contribution < 1.29 is 9.66 Å². The average molecular weight is 512 g/mol. The highest BCUT2D eigenvalue weighted by Gasteiger charge is 2.18. The van der Waals surface area contributed by atoms with Gasteiger partial charge in [-0.15, -0.1) is 0 Å². The summed E-state index contributed by atoms with van der Waals surface area (Å²) in [6.45, 7) is 2.89. The lowest BCUT2D eigenvalue weighted by atomic mass is 10.0. The zero-order chi connectivity index (χ0) is 27.2. The van der Waals surface area contributed by atoms with Gasteiger partial charge in [-0.25, -0.2) is 9.97 Å². The standard InChI is InChI=1S/C30H33N5O3/c1-2-3-4-5-6-7-8-9-10-11-20-38-26-18-14-24(15-19-26)30-29(33-27(21-31)28(22-32)34-30)23-12-16-25(17-13-23)35(36)37/h12-19H,2-11,20H2,1H3. The van der Waals surface area contributed by atoms with Crippen LogP contribution in [0.5, 0.6) is 5.75 Å². The molecule has 2 aromatic carbocycles. The quantitative estimate of drug-likeness (QED) is 0.116. The number of rotatable bonds is 15. The third-order valence-corrected chi connectivity index (χ3v) is 6.35. The van der Waals surface area contributed by atoms with Crippen molar-refractivity contribution in [3.63, 3.8) is 0 Å². The number of nitrogens with zero attached hydrogens (tertiary/aromatic N) is 5. The van der Waals surface area contributed by atoms with Crippen molar-refractivity contribution >= 4 is 5.69 Å². The number of benzene rings is 2. The van der Waals surface area contributed by atoms with E-state index in [9.17, 15) is 20.6 Å². The first kappa shape index (κ1) is 28.3. The Bertz CT molecular complexity index is 1280. The lowest BCUT2D eigenvalue weighted by Gasteiger charge is -2.11. The summed E-state index contributed by atoms with van der Waals surface area (Å²) in [7, 11) is 0. The van der Waals surface area contributed by atoms with Crippen LogP contribution in [0.1, 0.15) is 82.5 Å². The van der Waals surface area contributed by atoms with E-state index in [4.69, 9.17) is 4.74 Å². The molecular formula is C30H33N5O3. The Kier molecular flexibility index (Phi) is 11.2. The summed E-state index contributed by atoms with van der Waals surface area (Å²) in [5.41, 5.74) is 1.81. The molecule has 0 aliphatic carbocycles. The van der Waals surface area contributed by atoms with Gasteiger partial charge >= 0.3 is 0 Å². The van der Waals surface area contributed by atoms with E-state index >= 15 is 0 Å². The molecule has 38 heavy (non-hydrogen) atoms. The first-order valence-corrected chi connectivity index (χ1v) is 13.3. The van der Waals surface area contributed by atoms with Crippen LogP contribution in [0.2, 0.25) is 0 Å². The maximum Gasteiger partial charge on any atom is 0.269 e. The second-order valence-corrected chi connectivity index (χ2v) is 9.20. The van der Waals surface area contributed by atoms with E-state index in [1.54, 1.807) is 12.1 Å². The molecule has 0 bridgehead atoms. The highest BCUT2D eigenvalue weighted by Crippen LogP contribution is 2.32. The van der Waals surface area contributed by atoms with Crippen molar-refractivity contribution in [1.82, 2.24) is 9.97 Å². The normalized spacial score (nSPS) is 10.5. The van der Waals surface area contributed by atoms with Crippen molar-refractivity contribution in [2.75, 3.05) is 6.61 Å². The van der Waals surface area contributed by atoms with E-state index in [1.165, 1.54) is 63.5 Å². The van der Waals surface area contributed by atoms with Crippen molar-refractivity contribution in [3.8, 4) is 40.4 Å². The van der Waals surface area contributed by atoms with Gasteiger partial charge in [0.2, 0.25) is 0 Å². The van der Waals surface area contributed by atoms with Gasteiger partial charge < -0.3 is 4.74 Å². The van der Waals surface area contributed by atoms with Gasteiger partial charge in [0.1, 0.15) is 17.9 Å². The molecule has 0 saturated heterocycles. The summed E-state index contributed by atoms with van der Waals surface area (Å²) in [6, 6.07) is 17.0. The van der Waals surface area contributed by atoms with Crippen LogP contribution < -0.4 is 4.74 Å². The van der Waals surface area contributed by atoms with Crippen molar-refractivity contribution in [1.29, 1.82) is 10.5 Å². The third kappa shape index (κ3) is 8.11. The van der Waals surface area contributed by atoms with Gasteiger partial charge in [-0.1, -0.05) is 64.7 Å². The molecule has 0 amide bonds. The molecule has 3 aromatic rings. The number of aromatic nitrogens is 2. The van der Waals surface area contributed by atoms with Crippen LogP contribution in [0.4, 0.5) is 5.69 Å². The van der Waals surface area contributed by atoms with E-state index in [2.05, 4.69) is 16.9 Å². The molecule has 1 heterocycles. The molecule has 0 atom stereocenters. The summed E-state index contributed by atoms with van der Waals surface area (Å²) in [5.74, 6) is 0.740. The molecule has 3 rings (SSSR count). The average Bonchev–Trinajstić information content (AvgIpc) is 2.95. The SMILES string of the molecule is CCCCCCCCCCCCOc1ccc(-c2nc(C#N)c(C#N)nc2-c2ccc([N+](=O)[O-])cc2)cc1. The fourth-order valence-corrected chi connectivity index (χ4v) is 4.22. The Balaban J connectivity index is 1.62. The van der Waals surface area contributed by atoms with Gasteiger partial charge in [0, 0.05) is 23.3 Å². The minimum atomic E-state index is -0.482. The molecule has 0 aliphatic rings. The molecule has 0 aliphatic heterocycles. The fraction of sp³-hybridized carbons (Fsp3) is 0.400. The van der Waals surface area contributed by atoms with Crippen LogP contribution in [-0.4, -0.2) is 21.5 Å². The molecule has 8 heteroatoms. The largest absolute Gasteiger partial charge is 0.494 e. The molecular weight excluding hydrogens is 478 g/mol. The Hall–Kier alpha value is -4.30. The van der Waals surface area contributed by atoms with E-state index in [1.807, 2.05) is 36.4 Å². The van der Waals surface area contributed by atoms with Gasteiger partial charge in [-0.3, -0.25) is 10.1 Å². The van der Waals surface area contributed by atoms with Gasteiger partial charge in [0.25, 0.3) is 5.69 Å². The van der Waals surface area contributed by atoms with E-state index in [0.29, 0.717) is 29.1 Å². The summed E-state index contributed by atoms with van der Waals surface area (Å²) < 4.78 is 5.91. The topological polar surface area (TPSA) is 126 Å². The van der Waals surface area contributed by atoms with Crippen LogP contribution in [-0.2, 0) is 0 Å². The minimum absolute atomic E-state index is 0.0543. The molecule has 0 spiro atoms. The van der Waals surface area contributed by atoms with Gasteiger partial charge in [-0.05, 0) is 42.8 Å². The second-order valence-electron chi connectivity index (χ2n) is 9.20. The predicted octanol–water partition coefficient (Wildman–Crippen LogP) is 7.76. The number of hydrogen-bond donors (Lipinski definition) is 0. The van der Waals surface area contributed by atoms with E-state index < -0.39 is 4.92 Å². The van der Waals surface area contributed by atoms with E-state index in [-0.39, 0.29) is 17.1 Å². The molecule has 8 nitrogen and oxygen atoms in total. The number of nitriles is 2. The smallest absolute Gasteiger partial charge is 0.269 e. The number of ether oxygens (including phenoxy) is 1. The molecule has 196 valence electrons. The van der Waals surface area contributed by atoms with Crippen LogP contribution in [0.3, 0.4) is 0 Å². The highest BCUT2D eigenvalue weighted by molar-refractivity contribution is 5.79. The zero-order valence-electron chi connectivity index (χ0n) is 21.9. The third-order valence-electron chi connectivity index (χ3n) is 6.35. The van der Waals surface area contributed by atoms with Crippen LogP contribution in [0.25, 0.3) is 22.5 Å². The predicted molar refractivity (Wildman–Crippen MR) is 146 cm³/mol. The number of unbranched alkanes of at least 4 members (excludes halogenated alkanes) is 9. The summed E-state index contributed by atoms with van der Waals surface area (Å²) in [4.78, 5) is 19.3. The fourth-order valence-electron chi connectivity index (χ4n) is 4.22. The first-order valence-electron chi connectivity index (χ1n) is 13.3. The maximum atomic E-state index is 11.0. The highest BCUT2D eigenvalue weighted by atomic mass is 16.6. The molecule has 0 radical (unpaired) electrons. The molecule has 0 fully saturated rings. The Morgan fingerprint density at radius 2 is 1.18 bits per heavy atom. The van der Waals surface area contributed by atoms with Crippen LogP contribution in [0.15, 0.2) is 48.5 Å². The monoisotopic (exact) mass is 511 g/mol. The van der Waals surface area contributed by atoms with Crippen molar-refractivity contribution in [2.24, 2.45) is 0 Å². The summed E-state index contributed by atoms with van der Waals surface area (Å²) >= 11 is 0. The Labute approximate surface area is 224 Å². The first-order chi connectivity index (χ1) is 18.6. The van der Waals surface area contributed by atoms with Gasteiger partial charge in [0.05, 0.1) is 22.9 Å². The van der Waals surface area contributed by atoms with Crippen molar-refractivity contribution in [2.45, 2.75) is 71.1 Å². The number of non-ortho nitro benzene ring substituents is 1. The molecule has 0 saturated carbocycles. The van der Waals surface area contributed by atoms with Gasteiger partial charge in [-0.2, -0.15) is 10.5 Å². The molecule has 0 unspecified atom stereocenters. The zero-order valence-corrected chi connectivity index (χ0v) is 21.9. The number of nitro benzene ring substituents is 1. The maximum absolute atomic E-state index is 11.0. The summed E-state index contributed by atoms with van der Waals surface area (Å²) in [5, 5.41) is 29.9. The second kappa shape index (κ2) is 15.1. The molecule has 0 N–H and O–H groups in total. The van der Waals surface area contributed by atoms with E-state index in [0.717, 1.165) is 18.6 Å². The Morgan fingerprint density at radius 3 is 1.63 bits per heavy atom. The van der Waals surface area contributed by atoms with Crippen LogP contribution >= 0.6 is 0 Å². The van der Waals surface area contributed by atoms with Crippen LogP contribution in [0, 0.1) is 32.8 Å². The number of nitro groups is 1. The summed E-state index contributed by atoms with van der Waals surface area (Å²) in [6.07, 6.45) is 12.7. The van der Waals surface area contributed by atoms with Crippen molar-refractivity contribution in [3.05, 3.63) is 70.0 Å². The molecule has 1 aromatic heterocycles. The number of hydrogen-bond acceptors (Lipinski definition) is 7. The lowest BCUT2D eigenvalue weighted by Crippen LogP contribution is -2.02. The lowest BCUT2D eigenvalue weighted by molar-refractivity contribution is -0.384.